The van der Waals surface area contributed by atoms with Gasteiger partial charge < -0.3 is 9.84 Å². The summed E-state index contributed by atoms with van der Waals surface area (Å²) in [6.07, 6.45) is 4.64. The first-order valence-electron chi connectivity index (χ1n) is 4.65. The molecule has 1 unspecified atom stereocenters. The van der Waals surface area contributed by atoms with Crippen molar-refractivity contribution in [2.75, 3.05) is 6.61 Å². The first-order chi connectivity index (χ1) is 6.63. The highest BCUT2D eigenvalue weighted by Crippen LogP contribution is 2.34. The van der Waals surface area contributed by atoms with Gasteiger partial charge in [-0.05, 0) is 26.2 Å². The third-order valence-corrected chi connectivity index (χ3v) is 2.48. The summed E-state index contributed by atoms with van der Waals surface area (Å²) in [5.74, 6) is -1.69. The molecular formula is C10H14O4. The Kier molecular flexibility index (Phi) is 3.28. The van der Waals surface area contributed by atoms with Crippen LogP contribution in [0.25, 0.3) is 0 Å². The van der Waals surface area contributed by atoms with Crippen LogP contribution in [0.2, 0.25) is 0 Å². The van der Waals surface area contributed by atoms with Gasteiger partial charge in [-0.25, -0.2) is 0 Å². The highest BCUT2D eigenvalue weighted by Gasteiger charge is 2.48. The maximum Gasteiger partial charge on any atom is 0.323 e. The SMILES string of the molecule is CC=CCC1(C(=O)O)CCCOC1=O. The number of esters is 1. The summed E-state index contributed by atoms with van der Waals surface area (Å²) < 4.78 is 4.80. The van der Waals surface area contributed by atoms with Gasteiger partial charge in [-0.1, -0.05) is 12.2 Å². The second-order valence-corrected chi connectivity index (χ2v) is 3.40. The average molecular weight is 198 g/mol. The number of carbonyl (C=O) groups excluding carboxylic acids is 1. The van der Waals surface area contributed by atoms with Crippen LogP contribution in [0.1, 0.15) is 26.2 Å². The zero-order valence-corrected chi connectivity index (χ0v) is 8.16. The molecule has 1 saturated heterocycles. The molecule has 1 heterocycles. The Hall–Kier alpha value is -1.32. The third-order valence-electron chi connectivity index (χ3n) is 2.48. The number of ether oxygens (including phenoxy) is 1. The van der Waals surface area contributed by atoms with E-state index in [4.69, 9.17) is 9.84 Å². The topological polar surface area (TPSA) is 63.6 Å². The molecule has 1 rings (SSSR count). The molecule has 1 atom stereocenters. The lowest BCUT2D eigenvalue weighted by molar-refractivity contribution is -0.174. The normalized spacial score (nSPS) is 27.6. The predicted octanol–water partition coefficient (Wildman–Crippen LogP) is 1.36. The summed E-state index contributed by atoms with van der Waals surface area (Å²) in [4.78, 5) is 22.5. The van der Waals surface area contributed by atoms with Crippen LogP contribution in [0.3, 0.4) is 0 Å². The molecule has 0 bridgehead atoms. The summed E-state index contributed by atoms with van der Waals surface area (Å²) in [6, 6.07) is 0. The predicted molar refractivity (Wildman–Crippen MR) is 49.7 cm³/mol. The summed E-state index contributed by atoms with van der Waals surface area (Å²) in [5, 5.41) is 9.05. The van der Waals surface area contributed by atoms with E-state index in [2.05, 4.69) is 0 Å². The van der Waals surface area contributed by atoms with Gasteiger partial charge in [-0.2, -0.15) is 0 Å². The van der Waals surface area contributed by atoms with Crippen LogP contribution >= 0.6 is 0 Å². The second kappa shape index (κ2) is 4.26. The molecule has 1 fully saturated rings. The van der Waals surface area contributed by atoms with Crippen molar-refractivity contribution in [3.63, 3.8) is 0 Å². The lowest BCUT2D eigenvalue weighted by atomic mass is 9.78. The van der Waals surface area contributed by atoms with Crippen molar-refractivity contribution in [3.05, 3.63) is 12.2 Å². The van der Waals surface area contributed by atoms with E-state index in [0.717, 1.165) is 0 Å². The van der Waals surface area contributed by atoms with Crippen LogP contribution in [-0.2, 0) is 14.3 Å². The number of hydrogen-bond acceptors (Lipinski definition) is 3. The number of cyclic esters (lactones) is 1. The summed E-state index contributed by atoms with van der Waals surface area (Å²) in [5.41, 5.74) is -1.34. The molecule has 1 aliphatic heterocycles. The first kappa shape index (κ1) is 10.8. The van der Waals surface area contributed by atoms with Gasteiger partial charge in [-0.15, -0.1) is 0 Å². The number of rotatable bonds is 3. The van der Waals surface area contributed by atoms with Gasteiger partial charge in [0, 0.05) is 0 Å². The number of allylic oxidation sites excluding steroid dienone is 2. The van der Waals surface area contributed by atoms with Crippen LogP contribution in [0, 0.1) is 5.41 Å². The molecule has 4 nitrogen and oxygen atoms in total. The first-order valence-corrected chi connectivity index (χ1v) is 4.65. The van der Waals surface area contributed by atoms with Gasteiger partial charge in [0.15, 0.2) is 5.41 Å². The molecule has 0 aromatic rings. The van der Waals surface area contributed by atoms with E-state index in [9.17, 15) is 9.59 Å². The lowest BCUT2D eigenvalue weighted by Crippen LogP contribution is -2.43. The Balaban J connectivity index is 2.89. The van der Waals surface area contributed by atoms with Crippen molar-refractivity contribution in [1.82, 2.24) is 0 Å². The zero-order chi connectivity index (χ0) is 10.6. The number of aliphatic carboxylic acids is 1. The molecule has 78 valence electrons. The molecule has 0 radical (unpaired) electrons. The molecule has 0 spiro atoms. The summed E-state index contributed by atoms with van der Waals surface area (Å²) >= 11 is 0. The van der Waals surface area contributed by atoms with E-state index < -0.39 is 17.4 Å². The molecule has 0 aliphatic carbocycles. The smallest absolute Gasteiger partial charge is 0.323 e. The molecule has 1 N–H and O–H groups in total. The Bertz CT molecular complexity index is 269. The molecular weight excluding hydrogens is 184 g/mol. The minimum atomic E-state index is -1.34. The van der Waals surface area contributed by atoms with Gasteiger partial charge in [0.1, 0.15) is 0 Å². The molecule has 0 aromatic carbocycles. The van der Waals surface area contributed by atoms with Crippen LogP contribution in [0.4, 0.5) is 0 Å². The standard InChI is InChI=1S/C10H14O4/c1-2-3-5-10(8(11)12)6-4-7-14-9(10)13/h2-3H,4-7H2,1H3,(H,11,12). The summed E-state index contributed by atoms with van der Waals surface area (Å²) in [6.45, 7) is 2.13. The van der Waals surface area contributed by atoms with Crippen LogP contribution in [-0.4, -0.2) is 23.7 Å². The monoisotopic (exact) mass is 198 g/mol. The fraction of sp³-hybridized carbons (Fsp3) is 0.600. The van der Waals surface area contributed by atoms with Crippen molar-refractivity contribution >= 4 is 11.9 Å². The Morgan fingerprint density at radius 1 is 1.71 bits per heavy atom. The summed E-state index contributed by atoms with van der Waals surface area (Å²) in [7, 11) is 0. The fourth-order valence-electron chi connectivity index (χ4n) is 1.57. The van der Waals surface area contributed by atoms with E-state index in [1.54, 1.807) is 19.1 Å². The van der Waals surface area contributed by atoms with Crippen LogP contribution in [0.15, 0.2) is 12.2 Å². The lowest BCUT2D eigenvalue weighted by Gasteiger charge is -2.29. The van der Waals surface area contributed by atoms with Gasteiger partial charge in [-0.3, -0.25) is 9.59 Å². The molecule has 1 aliphatic rings. The van der Waals surface area contributed by atoms with Gasteiger partial charge in [0.05, 0.1) is 6.61 Å². The number of carboxylic acid groups (broad SMARTS) is 1. The van der Waals surface area contributed by atoms with Crippen molar-refractivity contribution in [2.24, 2.45) is 5.41 Å². The van der Waals surface area contributed by atoms with E-state index >= 15 is 0 Å². The van der Waals surface area contributed by atoms with Crippen molar-refractivity contribution < 1.29 is 19.4 Å². The molecule has 14 heavy (non-hydrogen) atoms. The largest absolute Gasteiger partial charge is 0.480 e. The van der Waals surface area contributed by atoms with E-state index in [0.29, 0.717) is 19.4 Å². The van der Waals surface area contributed by atoms with Gasteiger partial charge in [0.25, 0.3) is 0 Å². The minimum absolute atomic E-state index is 0.220. The van der Waals surface area contributed by atoms with Gasteiger partial charge >= 0.3 is 11.9 Å². The van der Waals surface area contributed by atoms with Crippen molar-refractivity contribution in [2.45, 2.75) is 26.2 Å². The molecule has 4 heteroatoms. The number of carbonyl (C=O) groups is 2. The van der Waals surface area contributed by atoms with E-state index in [1.165, 1.54) is 0 Å². The molecule has 0 amide bonds. The van der Waals surface area contributed by atoms with Crippen molar-refractivity contribution in [3.8, 4) is 0 Å². The number of hydrogen-bond donors (Lipinski definition) is 1. The number of carboxylic acids is 1. The average Bonchev–Trinajstić information content (AvgIpc) is 2.16. The quantitative estimate of drug-likeness (QED) is 0.422. The third kappa shape index (κ3) is 1.78. The Labute approximate surface area is 82.6 Å². The van der Waals surface area contributed by atoms with Crippen LogP contribution < -0.4 is 0 Å². The van der Waals surface area contributed by atoms with Crippen LogP contribution in [0.5, 0.6) is 0 Å². The maximum atomic E-state index is 11.4. The van der Waals surface area contributed by atoms with E-state index in [1.807, 2.05) is 0 Å². The highest BCUT2D eigenvalue weighted by atomic mass is 16.5. The minimum Gasteiger partial charge on any atom is -0.480 e. The Morgan fingerprint density at radius 3 is 2.93 bits per heavy atom. The highest BCUT2D eigenvalue weighted by molar-refractivity contribution is 5.99. The van der Waals surface area contributed by atoms with Gasteiger partial charge in [0.2, 0.25) is 0 Å². The zero-order valence-electron chi connectivity index (χ0n) is 8.16. The molecule has 0 aromatic heterocycles. The molecule has 0 saturated carbocycles. The fourth-order valence-corrected chi connectivity index (χ4v) is 1.57. The van der Waals surface area contributed by atoms with Crippen molar-refractivity contribution in [1.29, 1.82) is 0 Å². The maximum absolute atomic E-state index is 11.4. The second-order valence-electron chi connectivity index (χ2n) is 3.40. The Morgan fingerprint density at radius 2 is 2.43 bits per heavy atom. The van der Waals surface area contributed by atoms with E-state index in [-0.39, 0.29) is 6.42 Å².